The van der Waals surface area contributed by atoms with Gasteiger partial charge in [-0.15, -0.1) is 0 Å². The second-order valence-electron chi connectivity index (χ2n) is 7.69. The highest BCUT2D eigenvalue weighted by molar-refractivity contribution is 5.38. The zero-order valence-corrected chi connectivity index (χ0v) is 15.6. The van der Waals surface area contributed by atoms with Crippen LogP contribution < -0.4 is 17.1 Å². The van der Waals surface area contributed by atoms with Crippen molar-refractivity contribution in [3.05, 3.63) is 29.8 Å². The Morgan fingerprint density at radius 3 is 2.43 bits per heavy atom. The highest BCUT2D eigenvalue weighted by Gasteiger charge is 2.21. The molecular formula is C19H31ClNO2-. The molecule has 1 aliphatic heterocycles. The first-order valence-electron chi connectivity index (χ1n) is 8.49. The number of rotatable bonds is 5. The van der Waals surface area contributed by atoms with E-state index in [9.17, 15) is 5.11 Å². The van der Waals surface area contributed by atoms with Crippen LogP contribution in [-0.2, 0) is 5.41 Å². The van der Waals surface area contributed by atoms with E-state index in [2.05, 4.69) is 38.7 Å². The van der Waals surface area contributed by atoms with Gasteiger partial charge in [0.15, 0.2) is 0 Å². The zero-order valence-electron chi connectivity index (χ0n) is 14.9. The van der Waals surface area contributed by atoms with Crippen LogP contribution >= 0.6 is 0 Å². The fraction of sp³-hybridized carbons (Fsp3) is 0.684. The van der Waals surface area contributed by atoms with Crippen LogP contribution in [-0.4, -0.2) is 42.4 Å². The Balaban J connectivity index is 0.00000264. The number of likely N-dealkylation sites (tertiary alicyclic amines) is 1. The molecular weight excluding hydrogens is 310 g/mol. The highest BCUT2D eigenvalue weighted by Crippen LogP contribution is 2.31. The first-order chi connectivity index (χ1) is 10.4. The molecule has 1 saturated heterocycles. The van der Waals surface area contributed by atoms with Crippen molar-refractivity contribution < 1.29 is 22.3 Å². The summed E-state index contributed by atoms with van der Waals surface area (Å²) in [6, 6.07) is 8.13. The van der Waals surface area contributed by atoms with E-state index in [-0.39, 0.29) is 17.8 Å². The summed E-state index contributed by atoms with van der Waals surface area (Å²) in [5.41, 5.74) is 1.24. The van der Waals surface area contributed by atoms with Crippen LogP contribution in [0.5, 0.6) is 5.75 Å². The first kappa shape index (κ1) is 20.3. The number of halogens is 1. The molecule has 0 aromatic heterocycles. The fourth-order valence-electron chi connectivity index (χ4n) is 2.99. The largest absolute Gasteiger partial charge is 1.00 e. The second-order valence-corrected chi connectivity index (χ2v) is 7.69. The lowest BCUT2D eigenvalue weighted by molar-refractivity contribution is -0.00000732. The van der Waals surface area contributed by atoms with Gasteiger partial charge in [-0.2, -0.15) is 0 Å². The van der Waals surface area contributed by atoms with Gasteiger partial charge in [-0.3, -0.25) is 0 Å². The maximum absolute atomic E-state index is 10.3. The number of piperidine rings is 1. The molecule has 1 fully saturated rings. The van der Waals surface area contributed by atoms with E-state index < -0.39 is 6.10 Å². The average Bonchev–Trinajstić information content (AvgIpc) is 2.47. The monoisotopic (exact) mass is 340 g/mol. The Morgan fingerprint density at radius 2 is 1.83 bits per heavy atom. The molecule has 3 nitrogen and oxygen atoms in total. The summed E-state index contributed by atoms with van der Waals surface area (Å²) in [6.07, 6.45) is 2.04. The molecule has 1 atom stereocenters. The number of β-amino-alcohol motifs (C(OH)–C–C–N with tert-alkyl or cyclic N) is 1. The molecule has 4 heteroatoms. The first-order valence-corrected chi connectivity index (χ1v) is 8.49. The molecule has 0 bridgehead atoms. The molecule has 132 valence electrons. The van der Waals surface area contributed by atoms with Crippen LogP contribution in [0.1, 0.15) is 46.1 Å². The Labute approximate surface area is 147 Å². The molecule has 1 aromatic carbocycles. The van der Waals surface area contributed by atoms with Crippen molar-refractivity contribution in [1.29, 1.82) is 0 Å². The van der Waals surface area contributed by atoms with Crippen LogP contribution in [0, 0.1) is 5.92 Å². The van der Waals surface area contributed by atoms with E-state index in [1.807, 2.05) is 18.2 Å². The van der Waals surface area contributed by atoms with E-state index in [1.54, 1.807) is 0 Å². The van der Waals surface area contributed by atoms with Crippen molar-refractivity contribution in [2.24, 2.45) is 5.92 Å². The number of nitrogens with zero attached hydrogens (tertiary/aromatic N) is 1. The van der Waals surface area contributed by atoms with Crippen molar-refractivity contribution in [1.82, 2.24) is 4.90 Å². The normalized spacial score (nSPS) is 18.3. The zero-order chi connectivity index (χ0) is 16.2. The van der Waals surface area contributed by atoms with Crippen molar-refractivity contribution >= 4 is 0 Å². The molecule has 2 rings (SSSR count). The van der Waals surface area contributed by atoms with Crippen LogP contribution in [0.2, 0.25) is 0 Å². The Bertz CT molecular complexity index is 465. The van der Waals surface area contributed by atoms with Gasteiger partial charge < -0.3 is 27.2 Å². The molecule has 0 saturated carbocycles. The van der Waals surface area contributed by atoms with Gasteiger partial charge in [0, 0.05) is 6.54 Å². The molecule has 1 heterocycles. The van der Waals surface area contributed by atoms with E-state index in [4.69, 9.17) is 4.74 Å². The van der Waals surface area contributed by atoms with Crippen molar-refractivity contribution in [2.45, 2.75) is 52.1 Å². The minimum atomic E-state index is -0.429. The lowest BCUT2D eigenvalue weighted by atomic mass is 9.86. The Morgan fingerprint density at radius 1 is 1.22 bits per heavy atom. The number of para-hydroxylation sites is 1. The van der Waals surface area contributed by atoms with Gasteiger partial charge in [-0.25, -0.2) is 0 Å². The third-order valence-corrected chi connectivity index (χ3v) is 4.47. The molecule has 0 amide bonds. The molecule has 0 spiro atoms. The molecule has 1 unspecified atom stereocenters. The molecule has 1 aliphatic rings. The predicted octanol–water partition coefficient (Wildman–Crippen LogP) is 0.460. The summed E-state index contributed by atoms with van der Waals surface area (Å²) >= 11 is 0. The summed E-state index contributed by atoms with van der Waals surface area (Å²) < 4.78 is 5.91. The van der Waals surface area contributed by atoms with Crippen LogP contribution in [0.15, 0.2) is 24.3 Å². The van der Waals surface area contributed by atoms with Crippen LogP contribution in [0.4, 0.5) is 0 Å². The lowest BCUT2D eigenvalue weighted by Gasteiger charge is -2.31. The summed E-state index contributed by atoms with van der Waals surface area (Å²) in [5.74, 6) is 1.71. The third kappa shape index (κ3) is 6.33. The maximum atomic E-state index is 10.3. The van der Waals surface area contributed by atoms with Crippen molar-refractivity contribution in [2.75, 3.05) is 26.2 Å². The van der Waals surface area contributed by atoms with Gasteiger partial charge in [0.05, 0.1) is 0 Å². The van der Waals surface area contributed by atoms with E-state index in [1.165, 1.54) is 18.4 Å². The quantitative estimate of drug-likeness (QED) is 0.845. The smallest absolute Gasteiger partial charge is 0.123 e. The Kier molecular flexibility index (Phi) is 7.85. The average molecular weight is 341 g/mol. The molecule has 0 aliphatic carbocycles. The van der Waals surface area contributed by atoms with Gasteiger partial charge in [0.1, 0.15) is 18.5 Å². The van der Waals surface area contributed by atoms with Crippen LogP contribution in [0.3, 0.4) is 0 Å². The standard InChI is InChI=1S/C19H31NO2.ClH/c1-15-9-11-20(12-10-15)13-16(21)14-22-18-8-6-5-7-17(18)19(2,3)4;/h5-8,15-16,21H,9-14H2,1-4H3;1H/p-1. The van der Waals surface area contributed by atoms with E-state index in [0.717, 1.165) is 24.8 Å². The van der Waals surface area contributed by atoms with Gasteiger partial charge in [0.25, 0.3) is 0 Å². The summed E-state index contributed by atoms with van der Waals surface area (Å²) in [7, 11) is 0. The van der Waals surface area contributed by atoms with Gasteiger partial charge in [-0.1, -0.05) is 45.9 Å². The van der Waals surface area contributed by atoms with Gasteiger partial charge in [-0.05, 0) is 48.9 Å². The minimum Gasteiger partial charge on any atom is -1.00 e. The van der Waals surface area contributed by atoms with Crippen molar-refractivity contribution in [3.8, 4) is 5.75 Å². The lowest BCUT2D eigenvalue weighted by Crippen LogP contribution is -3.00. The number of ether oxygens (including phenoxy) is 1. The number of aliphatic hydroxyl groups excluding tert-OH is 1. The number of hydrogen-bond donors (Lipinski definition) is 1. The highest BCUT2D eigenvalue weighted by atomic mass is 35.5. The predicted molar refractivity (Wildman–Crippen MR) is 91.5 cm³/mol. The number of aliphatic hydroxyl groups is 1. The van der Waals surface area contributed by atoms with Crippen LogP contribution in [0.25, 0.3) is 0 Å². The minimum absolute atomic E-state index is 0. The molecule has 0 radical (unpaired) electrons. The molecule has 1 N–H and O–H groups in total. The van der Waals surface area contributed by atoms with Gasteiger partial charge in [0.2, 0.25) is 0 Å². The number of benzene rings is 1. The Hall–Kier alpha value is -0.770. The van der Waals surface area contributed by atoms with Gasteiger partial charge >= 0.3 is 0 Å². The summed E-state index contributed by atoms with van der Waals surface area (Å²) in [4.78, 5) is 2.35. The van der Waals surface area contributed by atoms with E-state index in [0.29, 0.717) is 13.2 Å². The summed E-state index contributed by atoms with van der Waals surface area (Å²) in [5, 5.41) is 10.3. The SMILES string of the molecule is CC1CCN(CC(O)COc2ccccc2C(C)(C)C)CC1.[Cl-]. The fourth-order valence-corrected chi connectivity index (χ4v) is 2.99. The topological polar surface area (TPSA) is 32.7 Å². The molecule has 1 aromatic rings. The van der Waals surface area contributed by atoms with Crippen molar-refractivity contribution in [3.63, 3.8) is 0 Å². The van der Waals surface area contributed by atoms with E-state index >= 15 is 0 Å². The number of hydrogen-bond acceptors (Lipinski definition) is 3. The third-order valence-electron chi connectivity index (χ3n) is 4.47. The second kappa shape index (κ2) is 8.91. The molecule has 23 heavy (non-hydrogen) atoms. The maximum Gasteiger partial charge on any atom is 0.123 e. The summed E-state index contributed by atoms with van der Waals surface area (Å²) in [6.45, 7) is 12.1.